The molecule has 8 heteroatoms. The molecular formula is C19H26ClFN4OS. The van der Waals surface area contributed by atoms with E-state index in [-0.39, 0.29) is 11.9 Å². The van der Waals surface area contributed by atoms with E-state index in [1.807, 2.05) is 38.1 Å². The molecule has 1 aromatic heterocycles. The Kier molecular flexibility index (Phi) is 8.50. The van der Waals surface area contributed by atoms with Crippen LogP contribution in [0.25, 0.3) is 0 Å². The maximum atomic E-state index is 13.6. The fraction of sp³-hybridized carbons (Fsp3) is 0.421. The van der Waals surface area contributed by atoms with Crippen molar-refractivity contribution in [2.45, 2.75) is 19.1 Å². The van der Waals surface area contributed by atoms with Gasteiger partial charge in [0.1, 0.15) is 11.9 Å². The van der Waals surface area contributed by atoms with Gasteiger partial charge in [0.15, 0.2) is 5.96 Å². The van der Waals surface area contributed by atoms with Crippen molar-refractivity contribution in [1.29, 1.82) is 0 Å². The highest BCUT2D eigenvalue weighted by Gasteiger charge is 2.15. The Hall–Kier alpha value is -1.67. The Bertz CT molecular complexity index is 753. The van der Waals surface area contributed by atoms with E-state index in [9.17, 15) is 9.50 Å². The maximum absolute atomic E-state index is 13.6. The fourth-order valence-corrected chi connectivity index (χ4v) is 3.65. The lowest BCUT2D eigenvalue weighted by Crippen LogP contribution is -2.40. The maximum Gasteiger partial charge on any atom is 0.191 e. The minimum absolute atomic E-state index is 0.0582. The molecule has 0 spiro atoms. The number of nitrogens with zero attached hydrogens (tertiary/aromatic N) is 2. The topological polar surface area (TPSA) is 59.9 Å². The van der Waals surface area contributed by atoms with Crippen molar-refractivity contribution in [1.82, 2.24) is 15.5 Å². The van der Waals surface area contributed by atoms with Crippen LogP contribution in [0.4, 0.5) is 4.39 Å². The van der Waals surface area contributed by atoms with Crippen LogP contribution < -0.4 is 10.6 Å². The first-order valence-corrected chi connectivity index (χ1v) is 9.97. The van der Waals surface area contributed by atoms with Crippen LogP contribution in [0.5, 0.6) is 0 Å². The molecule has 27 heavy (non-hydrogen) atoms. The molecule has 0 aliphatic carbocycles. The minimum atomic E-state index is -0.667. The van der Waals surface area contributed by atoms with Gasteiger partial charge in [0.25, 0.3) is 0 Å². The first-order chi connectivity index (χ1) is 12.9. The van der Waals surface area contributed by atoms with Crippen molar-refractivity contribution in [3.05, 3.63) is 57.0 Å². The summed E-state index contributed by atoms with van der Waals surface area (Å²) in [7, 11) is 3.88. The van der Waals surface area contributed by atoms with E-state index < -0.39 is 6.10 Å². The Morgan fingerprint density at radius 3 is 2.67 bits per heavy atom. The van der Waals surface area contributed by atoms with Crippen LogP contribution in [0.15, 0.2) is 41.4 Å². The molecule has 2 atom stereocenters. The molecule has 148 valence electrons. The number of thiophene rings is 1. The highest BCUT2D eigenvalue weighted by atomic mass is 35.5. The molecule has 0 aliphatic heterocycles. The molecule has 1 heterocycles. The molecule has 5 nitrogen and oxygen atoms in total. The number of aliphatic imine (C=N–C) groups is 1. The van der Waals surface area contributed by atoms with Gasteiger partial charge in [-0.1, -0.05) is 23.7 Å². The number of hydrogen-bond donors (Lipinski definition) is 3. The summed E-state index contributed by atoms with van der Waals surface area (Å²) in [6.07, 6.45) is -0.667. The summed E-state index contributed by atoms with van der Waals surface area (Å²) in [5, 5.41) is 16.6. The highest BCUT2D eigenvalue weighted by molar-refractivity contribution is 7.16. The largest absolute Gasteiger partial charge is 0.386 e. The lowest BCUT2D eigenvalue weighted by atomic mass is 10.1. The number of rotatable bonds is 8. The number of benzene rings is 1. The Labute approximate surface area is 168 Å². The van der Waals surface area contributed by atoms with Crippen molar-refractivity contribution >= 4 is 28.9 Å². The normalized spacial score (nSPS) is 14.3. The second-order valence-corrected chi connectivity index (χ2v) is 8.04. The van der Waals surface area contributed by atoms with Gasteiger partial charge in [0, 0.05) is 18.0 Å². The SMILES string of the molecule is CCNC(=NCC(c1cccc(F)c1)N(C)C)NCC(O)c1ccc(Cl)s1. The van der Waals surface area contributed by atoms with E-state index in [1.54, 1.807) is 12.1 Å². The molecule has 0 fully saturated rings. The molecule has 3 N–H and O–H groups in total. The zero-order valence-electron chi connectivity index (χ0n) is 15.7. The van der Waals surface area contributed by atoms with Gasteiger partial charge in [-0.25, -0.2) is 4.39 Å². The van der Waals surface area contributed by atoms with Crippen LogP contribution in [-0.2, 0) is 0 Å². The van der Waals surface area contributed by atoms with Crippen LogP contribution in [0.2, 0.25) is 4.34 Å². The van der Waals surface area contributed by atoms with Crippen LogP contribution in [0.3, 0.4) is 0 Å². The number of nitrogens with one attached hydrogen (secondary N) is 2. The van der Waals surface area contributed by atoms with Gasteiger partial charge in [-0.05, 0) is 50.8 Å². The van der Waals surface area contributed by atoms with Crippen molar-refractivity contribution in [2.75, 3.05) is 33.7 Å². The highest BCUT2D eigenvalue weighted by Crippen LogP contribution is 2.26. The number of guanidine groups is 1. The number of likely N-dealkylation sites (N-methyl/N-ethyl adjacent to an activating group) is 1. The minimum Gasteiger partial charge on any atom is -0.386 e. The zero-order chi connectivity index (χ0) is 19.8. The third kappa shape index (κ3) is 6.77. The van der Waals surface area contributed by atoms with Crippen molar-refractivity contribution in [2.24, 2.45) is 4.99 Å². The smallest absolute Gasteiger partial charge is 0.191 e. The molecule has 2 rings (SSSR count). The third-order valence-corrected chi connectivity index (χ3v) is 5.34. The Morgan fingerprint density at radius 2 is 2.07 bits per heavy atom. The lowest BCUT2D eigenvalue weighted by molar-refractivity contribution is 0.184. The number of hydrogen-bond acceptors (Lipinski definition) is 4. The van der Waals surface area contributed by atoms with Gasteiger partial charge in [-0.15, -0.1) is 11.3 Å². The monoisotopic (exact) mass is 412 g/mol. The van der Waals surface area contributed by atoms with Gasteiger partial charge in [0.05, 0.1) is 16.9 Å². The van der Waals surface area contributed by atoms with Gasteiger partial charge in [-0.2, -0.15) is 0 Å². The lowest BCUT2D eigenvalue weighted by Gasteiger charge is -2.24. The summed E-state index contributed by atoms with van der Waals surface area (Å²) < 4.78 is 14.2. The summed E-state index contributed by atoms with van der Waals surface area (Å²) >= 11 is 7.27. The summed E-state index contributed by atoms with van der Waals surface area (Å²) in [4.78, 5) is 7.41. The summed E-state index contributed by atoms with van der Waals surface area (Å²) in [5.74, 6) is 0.341. The average Bonchev–Trinajstić information content (AvgIpc) is 3.06. The predicted molar refractivity (Wildman–Crippen MR) is 111 cm³/mol. The van der Waals surface area contributed by atoms with Crippen molar-refractivity contribution in [3.8, 4) is 0 Å². The molecule has 0 radical (unpaired) electrons. The van der Waals surface area contributed by atoms with Crippen LogP contribution >= 0.6 is 22.9 Å². The number of aliphatic hydroxyl groups excluding tert-OH is 1. The van der Waals surface area contributed by atoms with E-state index in [0.717, 1.165) is 10.4 Å². The molecule has 0 saturated carbocycles. The first kappa shape index (κ1) is 21.6. The molecule has 1 aromatic carbocycles. The van der Waals surface area contributed by atoms with Crippen molar-refractivity contribution in [3.63, 3.8) is 0 Å². The summed E-state index contributed by atoms with van der Waals surface area (Å²) in [6.45, 7) is 3.43. The third-order valence-electron chi connectivity index (χ3n) is 4.01. The Morgan fingerprint density at radius 1 is 1.30 bits per heavy atom. The van der Waals surface area contributed by atoms with Crippen molar-refractivity contribution < 1.29 is 9.50 Å². The van der Waals surface area contributed by atoms with E-state index in [4.69, 9.17) is 11.6 Å². The van der Waals surface area contributed by atoms with Gasteiger partial charge < -0.3 is 20.6 Å². The summed E-state index contributed by atoms with van der Waals surface area (Å²) in [6, 6.07) is 10.1. The zero-order valence-corrected chi connectivity index (χ0v) is 17.3. The fourth-order valence-electron chi connectivity index (χ4n) is 2.60. The molecule has 0 amide bonds. The van der Waals surface area contributed by atoms with E-state index in [2.05, 4.69) is 15.6 Å². The molecular weight excluding hydrogens is 387 g/mol. The summed E-state index contributed by atoms with van der Waals surface area (Å²) in [5.41, 5.74) is 0.868. The second-order valence-electron chi connectivity index (χ2n) is 6.29. The van der Waals surface area contributed by atoms with Gasteiger partial charge >= 0.3 is 0 Å². The quantitative estimate of drug-likeness (QED) is 0.459. The van der Waals surface area contributed by atoms with Crippen LogP contribution in [-0.4, -0.2) is 49.7 Å². The molecule has 0 aliphatic rings. The molecule has 0 bridgehead atoms. The van der Waals surface area contributed by atoms with Gasteiger partial charge in [0.2, 0.25) is 0 Å². The number of halogens is 2. The molecule has 2 unspecified atom stereocenters. The van der Waals surface area contributed by atoms with Crippen LogP contribution in [0.1, 0.15) is 29.5 Å². The van der Waals surface area contributed by atoms with Crippen LogP contribution in [0, 0.1) is 5.82 Å². The van der Waals surface area contributed by atoms with Gasteiger partial charge in [-0.3, -0.25) is 4.99 Å². The van der Waals surface area contributed by atoms with E-state index >= 15 is 0 Å². The number of aliphatic hydroxyl groups is 1. The Balaban J connectivity index is 2.03. The first-order valence-electron chi connectivity index (χ1n) is 8.78. The van der Waals surface area contributed by atoms with E-state index in [1.165, 1.54) is 23.5 Å². The van der Waals surface area contributed by atoms with E-state index in [0.29, 0.717) is 29.9 Å². The average molecular weight is 413 g/mol. The molecule has 2 aromatic rings. The second kappa shape index (κ2) is 10.6. The predicted octanol–water partition coefficient (Wildman–Crippen LogP) is 3.43. The molecule has 0 saturated heterocycles. The standard InChI is InChI=1S/C19H26ClFN4OS/c1-4-22-19(24-12-16(26)17-8-9-18(20)27-17)23-11-15(25(2)3)13-6-5-7-14(21)10-13/h5-10,15-16,26H,4,11-12H2,1-3H3,(H2,22,23,24).